The van der Waals surface area contributed by atoms with Crippen LogP contribution in [0.4, 0.5) is 10.5 Å². The molecule has 2 aromatic carbocycles. The molecule has 2 rings (SSSR count). The minimum atomic E-state index is -0.436. The third-order valence-corrected chi connectivity index (χ3v) is 3.67. The molecule has 0 bridgehead atoms. The number of hydrogen-bond donors (Lipinski definition) is 2. The number of benzene rings is 2. The fourth-order valence-corrected chi connectivity index (χ4v) is 2.43. The molecule has 2 aromatic rings. The highest BCUT2D eigenvalue weighted by molar-refractivity contribution is 6.35. The van der Waals surface area contributed by atoms with Gasteiger partial charge in [-0.25, -0.2) is 9.59 Å². The number of carbonyl (C=O) groups excluding carboxylic acids is 2. The van der Waals surface area contributed by atoms with E-state index in [0.717, 1.165) is 5.56 Å². The molecule has 0 fully saturated rings. The van der Waals surface area contributed by atoms with E-state index < -0.39 is 12.0 Å². The van der Waals surface area contributed by atoms with E-state index in [-0.39, 0.29) is 6.54 Å². The summed E-state index contributed by atoms with van der Waals surface area (Å²) in [5.74, 6) is -0.436. The van der Waals surface area contributed by atoms with E-state index in [1.165, 1.54) is 0 Å². The van der Waals surface area contributed by atoms with Crippen LogP contribution in [0.1, 0.15) is 22.8 Å². The Kier molecular flexibility index (Phi) is 6.46. The zero-order valence-electron chi connectivity index (χ0n) is 12.9. The molecule has 7 heteroatoms. The fraction of sp³-hybridized carbons (Fsp3) is 0.176. The van der Waals surface area contributed by atoms with Crippen LogP contribution in [0.15, 0.2) is 42.5 Å². The molecule has 2 N–H and O–H groups in total. The molecule has 0 aromatic heterocycles. The van der Waals surface area contributed by atoms with Crippen LogP contribution in [0.3, 0.4) is 0 Å². The maximum Gasteiger partial charge on any atom is 0.338 e. The third-order valence-electron chi connectivity index (χ3n) is 3.09. The van der Waals surface area contributed by atoms with Crippen molar-refractivity contribution in [1.29, 1.82) is 0 Å². The van der Waals surface area contributed by atoms with E-state index in [0.29, 0.717) is 27.9 Å². The molecule has 0 aliphatic carbocycles. The number of urea groups is 1. The molecule has 0 aliphatic rings. The van der Waals surface area contributed by atoms with Gasteiger partial charge >= 0.3 is 12.0 Å². The molecule has 0 atom stereocenters. The standard InChI is InChI=1S/C17H16Cl2N2O3/c1-2-24-16(22)11-4-3-5-14(8-11)21-17(23)20-10-12-6-7-13(18)9-15(12)19/h3-9H,2,10H2,1H3,(H2,20,21,23). The van der Waals surface area contributed by atoms with Crippen LogP contribution in [-0.2, 0) is 11.3 Å². The summed E-state index contributed by atoms with van der Waals surface area (Å²) in [6, 6.07) is 11.1. The van der Waals surface area contributed by atoms with Gasteiger partial charge in [0.25, 0.3) is 0 Å². The minimum absolute atomic E-state index is 0.249. The molecule has 0 unspecified atom stereocenters. The Balaban J connectivity index is 1.95. The molecular formula is C17H16Cl2N2O3. The Hall–Kier alpha value is -2.24. The maximum absolute atomic E-state index is 12.0. The van der Waals surface area contributed by atoms with Crippen LogP contribution in [0.25, 0.3) is 0 Å². The molecule has 5 nitrogen and oxygen atoms in total. The summed E-state index contributed by atoms with van der Waals surface area (Å²) in [6.45, 7) is 2.27. The summed E-state index contributed by atoms with van der Waals surface area (Å²) in [5.41, 5.74) is 1.60. The predicted octanol–water partition coefficient (Wildman–Crippen LogP) is 4.49. The lowest BCUT2D eigenvalue weighted by molar-refractivity contribution is 0.0526. The van der Waals surface area contributed by atoms with E-state index in [1.807, 2.05) is 0 Å². The first-order valence-corrected chi connectivity index (χ1v) is 8.01. The Labute approximate surface area is 149 Å². The summed E-state index contributed by atoms with van der Waals surface area (Å²) in [7, 11) is 0. The topological polar surface area (TPSA) is 67.4 Å². The van der Waals surface area contributed by atoms with Gasteiger partial charge in [0.15, 0.2) is 0 Å². The summed E-state index contributed by atoms with van der Waals surface area (Å²) >= 11 is 11.9. The highest BCUT2D eigenvalue weighted by Crippen LogP contribution is 2.20. The number of amides is 2. The maximum atomic E-state index is 12.0. The predicted molar refractivity (Wildman–Crippen MR) is 94.7 cm³/mol. The van der Waals surface area contributed by atoms with Gasteiger partial charge in [0.2, 0.25) is 0 Å². The van der Waals surface area contributed by atoms with Gasteiger partial charge in [-0.3, -0.25) is 0 Å². The molecule has 0 radical (unpaired) electrons. The molecule has 0 saturated carbocycles. The molecule has 0 saturated heterocycles. The van der Waals surface area contributed by atoms with E-state index >= 15 is 0 Å². The average molecular weight is 367 g/mol. The number of nitrogens with one attached hydrogen (secondary N) is 2. The largest absolute Gasteiger partial charge is 0.462 e. The zero-order chi connectivity index (χ0) is 17.5. The minimum Gasteiger partial charge on any atom is -0.462 e. The smallest absolute Gasteiger partial charge is 0.338 e. The van der Waals surface area contributed by atoms with Crippen molar-refractivity contribution in [2.45, 2.75) is 13.5 Å². The summed E-state index contributed by atoms with van der Waals surface area (Å²) in [5, 5.41) is 6.35. The van der Waals surface area contributed by atoms with Crippen molar-refractivity contribution in [3.63, 3.8) is 0 Å². The first kappa shape index (κ1) is 18.1. The quantitative estimate of drug-likeness (QED) is 0.765. The molecular weight excluding hydrogens is 351 g/mol. The number of halogens is 2. The van der Waals surface area contributed by atoms with Gasteiger partial charge in [0.1, 0.15) is 0 Å². The molecule has 126 valence electrons. The monoisotopic (exact) mass is 366 g/mol. The van der Waals surface area contributed by atoms with Crippen LogP contribution < -0.4 is 10.6 Å². The SMILES string of the molecule is CCOC(=O)c1cccc(NC(=O)NCc2ccc(Cl)cc2Cl)c1. The first-order chi connectivity index (χ1) is 11.5. The van der Waals surface area contributed by atoms with E-state index in [9.17, 15) is 9.59 Å². The Bertz CT molecular complexity index is 750. The Morgan fingerprint density at radius 1 is 1.12 bits per heavy atom. The van der Waals surface area contributed by atoms with Crippen LogP contribution in [0, 0.1) is 0 Å². The summed E-state index contributed by atoms with van der Waals surface area (Å²) in [6.07, 6.45) is 0. The lowest BCUT2D eigenvalue weighted by Crippen LogP contribution is -2.28. The molecule has 0 heterocycles. The lowest BCUT2D eigenvalue weighted by atomic mass is 10.2. The first-order valence-electron chi connectivity index (χ1n) is 7.25. The van der Waals surface area contributed by atoms with Gasteiger partial charge in [0.05, 0.1) is 12.2 Å². The van der Waals surface area contributed by atoms with E-state index in [2.05, 4.69) is 10.6 Å². The van der Waals surface area contributed by atoms with Gasteiger partial charge < -0.3 is 15.4 Å². The normalized spacial score (nSPS) is 10.1. The second kappa shape index (κ2) is 8.57. The number of carbonyl (C=O) groups is 2. The van der Waals surface area contributed by atoms with E-state index in [1.54, 1.807) is 49.4 Å². The Morgan fingerprint density at radius 3 is 2.62 bits per heavy atom. The van der Waals surface area contributed by atoms with Crippen LogP contribution in [-0.4, -0.2) is 18.6 Å². The number of hydrogen-bond acceptors (Lipinski definition) is 3. The van der Waals surface area contributed by atoms with Crippen molar-refractivity contribution in [3.05, 3.63) is 63.6 Å². The van der Waals surface area contributed by atoms with Gasteiger partial charge in [-0.15, -0.1) is 0 Å². The van der Waals surface area contributed by atoms with Gasteiger partial charge in [0, 0.05) is 22.3 Å². The number of ether oxygens (including phenoxy) is 1. The van der Waals surface area contributed by atoms with Crippen LogP contribution in [0.5, 0.6) is 0 Å². The molecule has 0 aliphatic heterocycles. The second-order valence-electron chi connectivity index (χ2n) is 4.84. The number of anilines is 1. The Morgan fingerprint density at radius 2 is 1.92 bits per heavy atom. The number of esters is 1. The van der Waals surface area contributed by atoms with Crippen molar-refractivity contribution in [1.82, 2.24) is 5.32 Å². The average Bonchev–Trinajstić information content (AvgIpc) is 2.54. The van der Waals surface area contributed by atoms with Gasteiger partial charge in [-0.2, -0.15) is 0 Å². The van der Waals surface area contributed by atoms with Crippen molar-refractivity contribution in [2.24, 2.45) is 0 Å². The van der Waals surface area contributed by atoms with Crippen molar-refractivity contribution in [2.75, 3.05) is 11.9 Å². The molecule has 2 amide bonds. The molecule has 24 heavy (non-hydrogen) atoms. The highest BCUT2D eigenvalue weighted by Gasteiger charge is 2.09. The van der Waals surface area contributed by atoms with Gasteiger partial charge in [-0.05, 0) is 42.8 Å². The third kappa shape index (κ3) is 5.15. The summed E-state index contributed by atoms with van der Waals surface area (Å²) < 4.78 is 4.92. The van der Waals surface area contributed by atoms with Crippen LogP contribution in [0.2, 0.25) is 10.0 Å². The van der Waals surface area contributed by atoms with Crippen molar-refractivity contribution < 1.29 is 14.3 Å². The highest BCUT2D eigenvalue weighted by atomic mass is 35.5. The lowest BCUT2D eigenvalue weighted by Gasteiger charge is -2.10. The van der Waals surface area contributed by atoms with E-state index in [4.69, 9.17) is 27.9 Å². The second-order valence-corrected chi connectivity index (χ2v) is 5.69. The van der Waals surface area contributed by atoms with Crippen molar-refractivity contribution in [3.8, 4) is 0 Å². The molecule has 0 spiro atoms. The van der Waals surface area contributed by atoms with Gasteiger partial charge in [-0.1, -0.05) is 35.3 Å². The fourth-order valence-electron chi connectivity index (χ4n) is 1.95. The zero-order valence-corrected chi connectivity index (χ0v) is 14.4. The number of rotatable bonds is 5. The van der Waals surface area contributed by atoms with Crippen LogP contribution >= 0.6 is 23.2 Å². The summed E-state index contributed by atoms with van der Waals surface area (Å²) in [4.78, 5) is 23.6. The van der Waals surface area contributed by atoms with Crippen molar-refractivity contribution >= 4 is 40.9 Å².